The van der Waals surface area contributed by atoms with Crippen LogP contribution in [-0.2, 0) is 11.6 Å². The molecule has 3 heterocycles. The Morgan fingerprint density at radius 1 is 1.13 bits per heavy atom. The summed E-state index contributed by atoms with van der Waals surface area (Å²) in [4.78, 5) is 20.4. The summed E-state index contributed by atoms with van der Waals surface area (Å²) in [6, 6.07) is 10.9. The molecule has 5 rings (SSSR count). The minimum atomic E-state index is -3.48. The summed E-state index contributed by atoms with van der Waals surface area (Å²) < 4.78 is 33.8. The molecule has 1 aliphatic heterocycles. The molecule has 0 radical (unpaired) electrons. The van der Waals surface area contributed by atoms with Crippen LogP contribution in [0.15, 0.2) is 65.3 Å². The number of aliphatic hydroxyl groups excluding tert-OH is 1. The van der Waals surface area contributed by atoms with Gasteiger partial charge in [0, 0.05) is 18.0 Å². The van der Waals surface area contributed by atoms with Gasteiger partial charge in [-0.1, -0.05) is 35.5 Å². The molecule has 0 spiro atoms. The maximum absolute atomic E-state index is 14.2. The Bertz CT molecular complexity index is 1490. The number of hydrogen-bond donors (Lipinski definition) is 5. The minimum Gasteiger partial charge on any atom is -0.394 e. The maximum Gasteiger partial charge on any atom is 0.353 e. The fourth-order valence-corrected chi connectivity index (χ4v) is 4.01. The van der Waals surface area contributed by atoms with Crippen LogP contribution in [-0.4, -0.2) is 37.9 Å². The van der Waals surface area contributed by atoms with Crippen LogP contribution in [0.4, 0.5) is 26.0 Å². The first kappa shape index (κ1) is 25.2. The smallest absolute Gasteiger partial charge is 0.353 e. The van der Waals surface area contributed by atoms with Gasteiger partial charge in [0.1, 0.15) is 11.4 Å². The Labute approximate surface area is 215 Å². The Balaban J connectivity index is 1.52. The number of pyridine rings is 1. The first-order valence-corrected chi connectivity index (χ1v) is 11.7. The van der Waals surface area contributed by atoms with Crippen molar-refractivity contribution in [3.8, 4) is 11.5 Å². The number of nitrogens with zero attached hydrogens (tertiary/aromatic N) is 3. The first-order valence-electron chi connectivity index (χ1n) is 11.7. The van der Waals surface area contributed by atoms with Crippen LogP contribution in [0.3, 0.4) is 0 Å². The van der Waals surface area contributed by atoms with Crippen molar-refractivity contribution in [3.05, 3.63) is 83.3 Å². The van der Waals surface area contributed by atoms with Crippen molar-refractivity contribution in [2.75, 3.05) is 17.2 Å². The molecule has 10 nitrogen and oxygen atoms in total. The molecule has 196 valence electrons. The Morgan fingerprint density at radius 3 is 2.58 bits per heavy atom. The second kappa shape index (κ2) is 9.47. The van der Waals surface area contributed by atoms with Crippen LogP contribution in [0.1, 0.15) is 47.2 Å². The number of nitrogens with one attached hydrogen (secondary N) is 3. The van der Waals surface area contributed by atoms with Crippen LogP contribution >= 0.6 is 0 Å². The lowest BCUT2D eigenvalue weighted by atomic mass is 10.1. The molecule has 2 aromatic carbocycles. The van der Waals surface area contributed by atoms with Gasteiger partial charge in [-0.05, 0) is 37.6 Å². The molecule has 0 saturated carbocycles. The number of fused-ring (bicyclic) bond motifs is 1. The van der Waals surface area contributed by atoms with Gasteiger partial charge in [-0.2, -0.15) is 13.8 Å². The van der Waals surface area contributed by atoms with Gasteiger partial charge in [0.15, 0.2) is 0 Å². The average Bonchev–Trinajstić information content (AvgIpc) is 3.46. The molecule has 5 N–H and O–H groups in total. The zero-order chi connectivity index (χ0) is 27.1. The van der Waals surface area contributed by atoms with E-state index < -0.39 is 29.2 Å². The first-order chi connectivity index (χ1) is 18.0. The van der Waals surface area contributed by atoms with Crippen molar-refractivity contribution in [2.45, 2.75) is 31.5 Å². The highest BCUT2D eigenvalue weighted by Crippen LogP contribution is 2.37. The lowest BCUT2D eigenvalue weighted by Crippen LogP contribution is -2.29. The van der Waals surface area contributed by atoms with E-state index in [-0.39, 0.29) is 35.4 Å². The van der Waals surface area contributed by atoms with Crippen molar-refractivity contribution in [1.82, 2.24) is 20.4 Å². The number of hydrogen-bond acceptors (Lipinski definition) is 9. The van der Waals surface area contributed by atoms with Gasteiger partial charge in [-0.15, -0.1) is 0 Å². The molecule has 0 aliphatic carbocycles. The molecule has 1 aliphatic rings. The number of aliphatic hydroxyl groups is 2. The van der Waals surface area contributed by atoms with Crippen LogP contribution in [0.2, 0.25) is 0 Å². The van der Waals surface area contributed by atoms with Gasteiger partial charge < -0.3 is 25.4 Å². The SMILES string of the molecule is CC(C)(O)c1noc(-c2cnc(Nc3ccc4c(c3)C(F)(F)NC4=O)cc2N[C@H](CO)c2ccccc2)n1. The minimum absolute atomic E-state index is 0.0737. The van der Waals surface area contributed by atoms with Crippen LogP contribution in [0.5, 0.6) is 0 Å². The molecule has 1 amide bonds. The third-order valence-corrected chi connectivity index (χ3v) is 5.97. The highest BCUT2D eigenvalue weighted by molar-refractivity contribution is 6.00. The monoisotopic (exact) mass is 522 g/mol. The molecule has 2 aromatic heterocycles. The number of halogens is 2. The molecular formula is C26H24F2N6O4. The molecule has 0 fully saturated rings. The highest BCUT2D eigenvalue weighted by atomic mass is 19.3. The zero-order valence-electron chi connectivity index (χ0n) is 20.4. The van der Waals surface area contributed by atoms with E-state index in [1.54, 1.807) is 11.4 Å². The van der Waals surface area contributed by atoms with Crippen LogP contribution in [0.25, 0.3) is 11.5 Å². The van der Waals surface area contributed by atoms with E-state index in [0.29, 0.717) is 11.3 Å². The second-order valence-corrected chi connectivity index (χ2v) is 9.30. The van der Waals surface area contributed by atoms with E-state index in [2.05, 4.69) is 25.8 Å². The molecule has 0 bridgehead atoms. The largest absolute Gasteiger partial charge is 0.394 e. The summed E-state index contributed by atoms with van der Waals surface area (Å²) >= 11 is 0. The molecule has 12 heteroatoms. The van der Waals surface area contributed by atoms with E-state index in [0.717, 1.165) is 5.56 Å². The Hall–Kier alpha value is -4.42. The summed E-state index contributed by atoms with van der Waals surface area (Å²) in [6.07, 6.45) is 1.44. The maximum atomic E-state index is 14.2. The van der Waals surface area contributed by atoms with Gasteiger partial charge >= 0.3 is 6.05 Å². The lowest BCUT2D eigenvalue weighted by Gasteiger charge is -2.20. The van der Waals surface area contributed by atoms with Gasteiger partial charge in [-0.25, -0.2) is 4.98 Å². The summed E-state index contributed by atoms with van der Waals surface area (Å²) in [5, 5.41) is 32.1. The molecular weight excluding hydrogens is 498 g/mol. The van der Waals surface area contributed by atoms with Crippen molar-refractivity contribution in [1.29, 1.82) is 0 Å². The van der Waals surface area contributed by atoms with E-state index in [1.807, 2.05) is 30.3 Å². The molecule has 0 unspecified atom stereocenters. The molecule has 0 saturated heterocycles. The normalized spacial score (nSPS) is 15.1. The molecule has 4 aromatic rings. The number of aromatic nitrogens is 3. The third kappa shape index (κ3) is 4.91. The van der Waals surface area contributed by atoms with Crippen LogP contribution in [0, 0.1) is 0 Å². The summed E-state index contributed by atoms with van der Waals surface area (Å²) in [5.41, 5.74) is 0.0648. The van der Waals surface area contributed by atoms with Crippen molar-refractivity contribution in [2.24, 2.45) is 0 Å². The fourth-order valence-electron chi connectivity index (χ4n) is 4.01. The Morgan fingerprint density at radius 2 is 1.89 bits per heavy atom. The number of carbonyl (C=O) groups excluding carboxylic acids is 1. The predicted octanol–water partition coefficient (Wildman–Crippen LogP) is 4.04. The predicted molar refractivity (Wildman–Crippen MR) is 134 cm³/mol. The van der Waals surface area contributed by atoms with Crippen molar-refractivity contribution < 1.29 is 28.3 Å². The average molecular weight is 523 g/mol. The van der Waals surface area contributed by atoms with E-state index in [1.165, 1.54) is 38.2 Å². The van der Waals surface area contributed by atoms with Gasteiger partial charge in [0.2, 0.25) is 5.82 Å². The highest BCUT2D eigenvalue weighted by Gasteiger charge is 2.44. The van der Waals surface area contributed by atoms with Crippen LogP contribution < -0.4 is 16.0 Å². The fraction of sp³-hybridized carbons (Fsp3) is 0.231. The lowest BCUT2D eigenvalue weighted by molar-refractivity contribution is -0.0241. The van der Waals surface area contributed by atoms with Gasteiger partial charge in [-0.3, -0.25) is 10.1 Å². The van der Waals surface area contributed by atoms with Crippen molar-refractivity contribution >= 4 is 23.1 Å². The Kier molecular flexibility index (Phi) is 6.29. The van der Waals surface area contributed by atoms with E-state index in [9.17, 15) is 23.8 Å². The standard InChI is InChI=1S/C26H24F2N6O4/c1-25(2,37)24-32-23(38-34-24)17-12-29-21(11-19(17)31-20(13-35)14-6-4-3-5-7-14)30-15-8-9-16-18(10-15)26(27,28)33-22(16)36/h3-12,20,35,37H,13H2,1-2H3,(H,33,36)(H2,29,30,31)/t20-/m1/s1. The van der Waals surface area contributed by atoms with Gasteiger partial charge in [0.05, 0.1) is 35.0 Å². The number of alkyl halides is 2. The second-order valence-electron chi connectivity index (χ2n) is 9.30. The van der Waals surface area contributed by atoms with E-state index in [4.69, 9.17) is 4.52 Å². The molecule has 1 atom stereocenters. The number of benzene rings is 2. The molecule has 38 heavy (non-hydrogen) atoms. The quantitative estimate of drug-likeness (QED) is 0.216. The summed E-state index contributed by atoms with van der Waals surface area (Å²) in [5.74, 6) is -0.407. The number of carbonyl (C=O) groups is 1. The van der Waals surface area contributed by atoms with Crippen molar-refractivity contribution in [3.63, 3.8) is 0 Å². The number of amides is 1. The summed E-state index contributed by atoms with van der Waals surface area (Å²) in [6.45, 7) is 2.80. The van der Waals surface area contributed by atoms with E-state index >= 15 is 0 Å². The number of rotatable bonds is 8. The topological polar surface area (TPSA) is 145 Å². The summed E-state index contributed by atoms with van der Waals surface area (Å²) in [7, 11) is 0. The zero-order valence-corrected chi connectivity index (χ0v) is 20.4. The third-order valence-electron chi connectivity index (χ3n) is 5.97. The van der Waals surface area contributed by atoms with Gasteiger partial charge in [0.25, 0.3) is 11.8 Å². The number of anilines is 3.